The fourth-order valence-electron chi connectivity index (χ4n) is 1.64. The molecule has 1 aromatic rings. The number of hydrogen-bond donors (Lipinski definition) is 1. The third-order valence-electron chi connectivity index (χ3n) is 2.58. The summed E-state index contributed by atoms with van der Waals surface area (Å²) in [6.45, 7) is 1.66. The third kappa shape index (κ3) is 3.02. The van der Waals surface area contributed by atoms with Gasteiger partial charge in [-0.1, -0.05) is 30.3 Å². The molecule has 0 radical (unpaired) electrons. The minimum atomic E-state index is -0.387. The van der Waals surface area contributed by atoms with Gasteiger partial charge in [-0.05, 0) is 12.0 Å². The summed E-state index contributed by atoms with van der Waals surface area (Å²) in [5.74, 6) is 0. The number of benzene rings is 1. The lowest BCUT2D eigenvalue weighted by atomic mass is 10.1. The molecule has 0 spiro atoms. The highest BCUT2D eigenvalue weighted by atomic mass is 16.5. The lowest BCUT2D eigenvalue weighted by Crippen LogP contribution is -2.38. The Kier molecular flexibility index (Phi) is 3.72. The van der Waals surface area contributed by atoms with Gasteiger partial charge in [0.25, 0.3) is 0 Å². The molecule has 0 bridgehead atoms. The van der Waals surface area contributed by atoms with Gasteiger partial charge in [0.15, 0.2) is 0 Å². The highest BCUT2D eigenvalue weighted by Gasteiger charge is 2.24. The summed E-state index contributed by atoms with van der Waals surface area (Å²) in [6, 6.07) is 9.95. The topological polar surface area (TPSA) is 38.7 Å². The molecule has 3 heteroatoms. The average Bonchev–Trinajstić information content (AvgIpc) is 2.29. The van der Waals surface area contributed by atoms with E-state index in [0.717, 1.165) is 5.56 Å². The first kappa shape index (κ1) is 10.6. The molecule has 15 heavy (non-hydrogen) atoms. The monoisotopic (exact) mass is 208 g/mol. The van der Waals surface area contributed by atoms with E-state index in [0.29, 0.717) is 26.2 Å². The Bertz CT molecular complexity index is 286. The summed E-state index contributed by atoms with van der Waals surface area (Å²) in [5.41, 5.74) is 1.12. The van der Waals surface area contributed by atoms with Gasteiger partial charge < -0.3 is 14.6 Å². The maximum atomic E-state index is 9.64. The maximum Gasteiger partial charge on any atom is 0.107 e. The van der Waals surface area contributed by atoms with E-state index in [1.165, 1.54) is 0 Å². The first-order chi connectivity index (χ1) is 7.36. The van der Waals surface area contributed by atoms with Crippen molar-refractivity contribution < 1.29 is 14.6 Å². The standard InChI is InChI=1S/C12H16O3/c13-11-6-7-14-9-12(11)15-8-10-4-2-1-3-5-10/h1-5,11-13H,6-9H2/t11-,12-/m1/s1. The Morgan fingerprint density at radius 2 is 2.13 bits per heavy atom. The van der Waals surface area contributed by atoms with E-state index in [4.69, 9.17) is 9.47 Å². The predicted octanol–water partition coefficient (Wildman–Crippen LogP) is 1.35. The SMILES string of the molecule is O[C@@H]1CCOC[C@H]1OCc1ccccc1. The van der Waals surface area contributed by atoms with E-state index < -0.39 is 0 Å². The van der Waals surface area contributed by atoms with Crippen LogP contribution < -0.4 is 0 Å². The fraction of sp³-hybridized carbons (Fsp3) is 0.500. The zero-order chi connectivity index (χ0) is 10.5. The van der Waals surface area contributed by atoms with Gasteiger partial charge in [-0.15, -0.1) is 0 Å². The average molecular weight is 208 g/mol. The van der Waals surface area contributed by atoms with Crippen molar-refractivity contribution in [3.05, 3.63) is 35.9 Å². The van der Waals surface area contributed by atoms with E-state index in [1.807, 2.05) is 30.3 Å². The van der Waals surface area contributed by atoms with Crippen LogP contribution in [0.4, 0.5) is 0 Å². The Morgan fingerprint density at radius 1 is 1.33 bits per heavy atom. The molecule has 1 aromatic carbocycles. The smallest absolute Gasteiger partial charge is 0.107 e. The largest absolute Gasteiger partial charge is 0.390 e. The lowest BCUT2D eigenvalue weighted by molar-refractivity contribution is -0.122. The van der Waals surface area contributed by atoms with Crippen LogP contribution in [0.2, 0.25) is 0 Å². The Morgan fingerprint density at radius 3 is 2.87 bits per heavy atom. The molecule has 0 amide bonds. The highest BCUT2D eigenvalue weighted by Crippen LogP contribution is 2.13. The predicted molar refractivity (Wildman–Crippen MR) is 56.5 cm³/mol. The maximum absolute atomic E-state index is 9.64. The number of ether oxygens (including phenoxy) is 2. The lowest BCUT2D eigenvalue weighted by Gasteiger charge is -2.27. The second kappa shape index (κ2) is 5.26. The van der Waals surface area contributed by atoms with E-state index in [9.17, 15) is 5.11 Å². The summed E-state index contributed by atoms with van der Waals surface area (Å²) in [5, 5.41) is 9.64. The Balaban J connectivity index is 1.82. The van der Waals surface area contributed by atoms with Crippen LogP contribution in [0.15, 0.2) is 30.3 Å². The van der Waals surface area contributed by atoms with E-state index >= 15 is 0 Å². The number of aliphatic hydroxyl groups excluding tert-OH is 1. The molecule has 1 heterocycles. The van der Waals surface area contributed by atoms with Crippen LogP contribution in [0.3, 0.4) is 0 Å². The van der Waals surface area contributed by atoms with Crippen LogP contribution in [-0.2, 0) is 16.1 Å². The van der Waals surface area contributed by atoms with Gasteiger partial charge in [0.05, 0.1) is 19.3 Å². The second-order valence-electron chi connectivity index (χ2n) is 3.77. The van der Waals surface area contributed by atoms with Crippen molar-refractivity contribution in [3.8, 4) is 0 Å². The van der Waals surface area contributed by atoms with E-state index in [2.05, 4.69) is 0 Å². The quantitative estimate of drug-likeness (QED) is 0.815. The van der Waals surface area contributed by atoms with Crippen LogP contribution in [-0.4, -0.2) is 30.5 Å². The molecule has 0 saturated carbocycles. The molecule has 1 aliphatic heterocycles. The van der Waals surface area contributed by atoms with Gasteiger partial charge in [0.2, 0.25) is 0 Å². The molecule has 3 nitrogen and oxygen atoms in total. The Hall–Kier alpha value is -0.900. The first-order valence-electron chi connectivity index (χ1n) is 5.27. The van der Waals surface area contributed by atoms with Crippen molar-refractivity contribution in [1.29, 1.82) is 0 Å². The van der Waals surface area contributed by atoms with Gasteiger partial charge in [-0.25, -0.2) is 0 Å². The van der Waals surface area contributed by atoms with Crippen molar-refractivity contribution >= 4 is 0 Å². The summed E-state index contributed by atoms with van der Waals surface area (Å²) >= 11 is 0. The van der Waals surface area contributed by atoms with Crippen molar-refractivity contribution in [3.63, 3.8) is 0 Å². The summed E-state index contributed by atoms with van der Waals surface area (Å²) in [7, 11) is 0. The number of rotatable bonds is 3. The molecular weight excluding hydrogens is 192 g/mol. The second-order valence-corrected chi connectivity index (χ2v) is 3.77. The van der Waals surface area contributed by atoms with Crippen molar-refractivity contribution in [2.75, 3.05) is 13.2 Å². The molecule has 0 aromatic heterocycles. The molecule has 0 unspecified atom stereocenters. The molecule has 1 saturated heterocycles. The summed E-state index contributed by atoms with van der Waals surface area (Å²) in [4.78, 5) is 0. The minimum absolute atomic E-state index is 0.182. The zero-order valence-electron chi connectivity index (χ0n) is 8.63. The molecule has 2 atom stereocenters. The van der Waals surface area contributed by atoms with E-state index in [1.54, 1.807) is 0 Å². The molecule has 1 fully saturated rings. The molecule has 2 rings (SSSR count). The van der Waals surface area contributed by atoms with Gasteiger partial charge >= 0.3 is 0 Å². The zero-order valence-corrected chi connectivity index (χ0v) is 8.63. The molecule has 1 N–H and O–H groups in total. The van der Waals surface area contributed by atoms with Crippen molar-refractivity contribution in [1.82, 2.24) is 0 Å². The Labute approximate surface area is 89.6 Å². The molecular formula is C12H16O3. The van der Waals surface area contributed by atoms with Gasteiger partial charge in [-0.2, -0.15) is 0 Å². The number of aliphatic hydroxyl groups is 1. The van der Waals surface area contributed by atoms with Gasteiger partial charge in [-0.3, -0.25) is 0 Å². The van der Waals surface area contributed by atoms with Crippen LogP contribution in [0.25, 0.3) is 0 Å². The highest BCUT2D eigenvalue weighted by molar-refractivity contribution is 5.13. The molecule has 82 valence electrons. The van der Waals surface area contributed by atoms with Crippen LogP contribution in [0, 0.1) is 0 Å². The van der Waals surface area contributed by atoms with Crippen molar-refractivity contribution in [2.24, 2.45) is 0 Å². The van der Waals surface area contributed by atoms with E-state index in [-0.39, 0.29) is 12.2 Å². The summed E-state index contributed by atoms with van der Waals surface area (Å²) < 4.78 is 10.9. The minimum Gasteiger partial charge on any atom is -0.390 e. The van der Waals surface area contributed by atoms with Gasteiger partial charge in [0, 0.05) is 6.61 Å². The van der Waals surface area contributed by atoms with Crippen molar-refractivity contribution in [2.45, 2.75) is 25.2 Å². The first-order valence-corrected chi connectivity index (χ1v) is 5.27. The van der Waals surface area contributed by atoms with Crippen LogP contribution in [0.5, 0.6) is 0 Å². The third-order valence-corrected chi connectivity index (χ3v) is 2.58. The fourth-order valence-corrected chi connectivity index (χ4v) is 1.64. The molecule has 0 aliphatic carbocycles. The summed E-state index contributed by atoms with van der Waals surface area (Å²) in [6.07, 6.45) is 0.0980. The number of hydrogen-bond acceptors (Lipinski definition) is 3. The van der Waals surface area contributed by atoms with Crippen LogP contribution >= 0.6 is 0 Å². The normalized spacial score (nSPS) is 26.5. The van der Waals surface area contributed by atoms with Crippen LogP contribution in [0.1, 0.15) is 12.0 Å². The van der Waals surface area contributed by atoms with Gasteiger partial charge in [0.1, 0.15) is 6.10 Å². The molecule has 1 aliphatic rings.